The number of aromatic nitrogens is 2. The van der Waals surface area contributed by atoms with Crippen molar-refractivity contribution in [2.45, 2.75) is 20.0 Å². The summed E-state index contributed by atoms with van der Waals surface area (Å²) >= 11 is 0. The molecular formula is C14H17FN4. The molecule has 1 heterocycles. The van der Waals surface area contributed by atoms with Crippen LogP contribution < -0.4 is 5.73 Å². The Balaban J connectivity index is 2.00. The lowest BCUT2D eigenvalue weighted by molar-refractivity contribution is 0.310. The van der Waals surface area contributed by atoms with Crippen molar-refractivity contribution in [1.29, 1.82) is 0 Å². The molecule has 0 aliphatic heterocycles. The summed E-state index contributed by atoms with van der Waals surface area (Å²) in [6, 6.07) is 8.21. The molecule has 0 saturated heterocycles. The van der Waals surface area contributed by atoms with Crippen molar-refractivity contribution in [3.8, 4) is 0 Å². The SMILES string of the molecule is Cc1cc(N)nc(CN(C)Cc2ccc(F)cc2)n1. The summed E-state index contributed by atoms with van der Waals surface area (Å²) in [7, 11) is 1.96. The van der Waals surface area contributed by atoms with Crippen LogP contribution in [0, 0.1) is 12.7 Å². The summed E-state index contributed by atoms with van der Waals surface area (Å²) < 4.78 is 12.8. The van der Waals surface area contributed by atoms with Crippen LogP contribution in [0.15, 0.2) is 30.3 Å². The minimum absolute atomic E-state index is 0.221. The van der Waals surface area contributed by atoms with E-state index in [1.807, 2.05) is 14.0 Å². The van der Waals surface area contributed by atoms with Gasteiger partial charge in [-0.15, -0.1) is 0 Å². The average Bonchev–Trinajstić information content (AvgIpc) is 2.30. The average molecular weight is 260 g/mol. The van der Waals surface area contributed by atoms with Crippen molar-refractivity contribution in [3.05, 3.63) is 53.2 Å². The standard InChI is InChI=1S/C14H17FN4/c1-10-7-13(16)18-14(17-10)9-19(2)8-11-3-5-12(15)6-4-11/h3-7H,8-9H2,1-2H3,(H2,16,17,18). The van der Waals surface area contributed by atoms with Crippen molar-refractivity contribution in [2.75, 3.05) is 12.8 Å². The third-order valence-electron chi connectivity index (χ3n) is 2.70. The lowest BCUT2D eigenvalue weighted by Gasteiger charge is -2.16. The highest BCUT2D eigenvalue weighted by molar-refractivity contribution is 5.29. The summed E-state index contributed by atoms with van der Waals surface area (Å²) in [5.74, 6) is 0.959. The number of aryl methyl sites for hydroxylation is 1. The minimum Gasteiger partial charge on any atom is -0.384 e. The highest BCUT2D eigenvalue weighted by atomic mass is 19.1. The van der Waals surface area contributed by atoms with Crippen LogP contribution >= 0.6 is 0 Å². The quantitative estimate of drug-likeness (QED) is 0.915. The Morgan fingerprint density at radius 2 is 1.84 bits per heavy atom. The molecule has 0 aliphatic rings. The van der Waals surface area contributed by atoms with Gasteiger partial charge in [0.25, 0.3) is 0 Å². The van der Waals surface area contributed by atoms with E-state index in [1.165, 1.54) is 12.1 Å². The number of rotatable bonds is 4. The van der Waals surface area contributed by atoms with Gasteiger partial charge in [0.15, 0.2) is 0 Å². The zero-order valence-electron chi connectivity index (χ0n) is 11.1. The number of hydrogen-bond acceptors (Lipinski definition) is 4. The van der Waals surface area contributed by atoms with Crippen molar-refractivity contribution < 1.29 is 4.39 Å². The molecule has 100 valence electrons. The number of halogens is 1. The first-order valence-corrected chi connectivity index (χ1v) is 6.06. The van der Waals surface area contributed by atoms with E-state index in [2.05, 4.69) is 14.9 Å². The van der Waals surface area contributed by atoms with Crippen LogP contribution in [0.1, 0.15) is 17.1 Å². The molecule has 0 atom stereocenters. The molecule has 0 saturated carbocycles. The molecule has 4 nitrogen and oxygen atoms in total. The van der Waals surface area contributed by atoms with Gasteiger partial charge in [-0.05, 0) is 31.7 Å². The molecule has 5 heteroatoms. The number of nitrogen functional groups attached to an aromatic ring is 1. The molecule has 0 unspecified atom stereocenters. The Bertz CT molecular complexity index is 534. The van der Waals surface area contributed by atoms with Crippen LogP contribution in [-0.2, 0) is 13.1 Å². The molecule has 1 aromatic heterocycles. The van der Waals surface area contributed by atoms with E-state index >= 15 is 0 Å². The van der Waals surface area contributed by atoms with E-state index in [1.54, 1.807) is 18.2 Å². The van der Waals surface area contributed by atoms with Crippen LogP contribution in [0.5, 0.6) is 0 Å². The minimum atomic E-state index is -0.221. The molecule has 0 bridgehead atoms. The fourth-order valence-electron chi connectivity index (χ4n) is 1.93. The van der Waals surface area contributed by atoms with Crippen molar-refractivity contribution in [1.82, 2.24) is 14.9 Å². The number of nitrogens with two attached hydrogens (primary N) is 1. The molecule has 0 aliphatic carbocycles. The molecule has 19 heavy (non-hydrogen) atoms. The van der Waals surface area contributed by atoms with Gasteiger partial charge in [-0.1, -0.05) is 12.1 Å². The van der Waals surface area contributed by atoms with E-state index < -0.39 is 0 Å². The van der Waals surface area contributed by atoms with Gasteiger partial charge in [-0.3, -0.25) is 4.90 Å². The van der Waals surface area contributed by atoms with E-state index in [0.29, 0.717) is 24.7 Å². The van der Waals surface area contributed by atoms with Crippen molar-refractivity contribution in [3.63, 3.8) is 0 Å². The second-order valence-corrected chi connectivity index (χ2v) is 4.65. The number of anilines is 1. The lowest BCUT2D eigenvalue weighted by atomic mass is 10.2. The maximum absolute atomic E-state index is 12.8. The normalized spacial score (nSPS) is 10.9. The molecule has 1 aromatic carbocycles. The summed E-state index contributed by atoms with van der Waals surface area (Å²) in [5, 5.41) is 0. The lowest BCUT2D eigenvalue weighted by Crippen LogP contribution is -2.19. The fraction of sp³-hybridized carbons (Fsp3) is 0.286. The zero-order valence-corrected chi connectivity index (χ0v) is 11.1. The topological polar surface area (TPSA) is 55.0 Å². The monoisotopic (exact) mass is 260 g/mol. The second-order valence-electron chi connectivity index (χ2n) is 4.65. The summed E-state index contributed by atoms with van der Waals surface area (Å²) in [5.41, 5.74) is 7.60. The Kier molecular flexibility index (Phi) is 4.06. The van der Waals surface area contributed by atoms with Gasteiger partial charge in [-0.25, -0.2) is 14.4 Å². The van der Waals surface area contributed by atoms with Crippen molar-refractivity contribution in [2.24, 2.45) is 0 Å². The van der Waals surface area contributed by atoms with Gasteiger partial charge < -0.3 is 5.73 Å². The molecule has 2 rings (SSSR count). The first-order valence-electron chi connectivity index (χ1n) is 6.06. The van der Waals surface area contributed by atoms with E-state index in [4.69, 9.17) is 5.73 Å². The largest absolute Gasteiger partial charge is 0.384 e. The Morgan fingerprint density at radius 3 is 2.47 bits per heavy atom. The van der Waals surface area contributed by atoms with E-state index in [0.717, 1.165) is 11.3 Å². The molecular weight excluding hydrogens is 243 g/mol. The summed E-state index contributed by atoms with van der Waals surface area (Å²) in [6.07, 6.45) is 0. The first-order chi connectivity index (χ1) is 9.02. The molecule has 2 N–H and O–H groups in total. The summed E-state index contributed by atoms with van der Waals surface area (Å²) in [4.78, 5) is 10.6. The molecule has 0 amide bonds. The fourth-order valence-corrected chi connectivity index (χ4v) is 1.93. The first kappa shape index (κ1) is 13.4. The molecule has 2 aromatic rings. The van der Waals surface area contributed by atoms with Crippen LogP contribution in [0.3, 0.4) is 0 Å². The third kappa shape index (κ3) is 3.99. The second kappa shape index (κ2) is 5.75. The molecule has 0 radical (unpaired) electrons. The van der Waals surface area contributed by atoms with Gasteiger partial charge in [0.2, 0.25) is 0 Å². The molecule has 0 spiro atoms. The van der Waals surface area contributed by atoms with Crippen LogP contribution in [0.25, 0.3) is 0 Å². The third-order valence-corrected chi connectivity index (χ3v) is 2.70. The smallest absolute Gasteiger partial charge is 0.144 e. The number of nitrogens with zero attached hydrogens (tertiary/aromatic N) is 3. The number of hydrogen-bond donors (Lipinski definition) is 1. The Morgan fingerprint density at radius 1 is 1.16 bits per heavy atom. The van der Waals surface area contributed by atoms with Gasteiger partial charge in [0, 0.05) is 18.3 Å². The van der Waals surface area contributed by atoms with Gasteiger partial charge in [-0.2, -0.15) is 0 Å². The van der Waals surface area contributed by atoms with Gasteiger partial charge in [0.05, 0.1) is 6.54 Å². The maximum atomic E-state index is 12.8. The maximum Gasteiger partial charge on any atom is 0.144 e. The highest BCUT2D eigenvalue weighted by Crippen LogP contribution is 2.08. The van der Waals surface area contributed by atoms with Crippen LogP contribution in [-0.4, -0.2) is 21.9 Å². The predicted molar refractivity (Wildman–Crippen MR) is 72.8 cm³/mol. The van der Waals surface area contributed by atoms with Crippen molar-refractivity contribution >= 4 is 5.82 Å². The summed E-state index contributed by atoms with van der Waals surface area (Å²) in [6.45, 7) is 3.20. The number of benzene rings is 1. The van der Waals surface area contributed by atoms with E-state index in [-0.39, 0.29) is 5.82 Å². The van der Waals surface area contributed by atoms with Crippen LogP contribution in [0.2, 0.25) is 0 Å². The molecule has 0 fully saturated rings. The van der Waals surface area contributed by atoms with Crippen LogP contribution in [0.4, 0.5) is 10.2 Å². The van der Waals surface area contributed by atoms with Gasteiger partial charge in [0.1, 0.15) is 17.5 Å². The van der Waals surface area contributed by atoms with E-state index in [9.17, 15) is 4.39 Å². The van der Waals surface area contributed by atoms with Gasteiger partial charge >= 0.3 is 0 Å². The Labute approximate surface area is 112 Å². The predicted octanol–water partition coefficient (Wildman–Crippen LogP) is 2.14. The zero-order chi connectivity index (χ0) is 13.8. The Hall–Kier alpha value is -2.01. The highest BCUT2D eigenvalue weighted by Gasteiger charge is 2.06.